The zero-order valence-electron chi connectivity index (χ0n) is 13.8. The van der Waals surface area contributed by atoms with E-state index in [2.05, 4.69) is 4.98 Å². The van der Waals surface area contributed by atoms with E-state index in [0.717, 1.165) is 11.3 Å². The van der Waals surface area contributed by atoms with Gasteiger partial charge < -0.3 is 14.5 Å². The number of nitrogens with one attached hydrogen (secondary N) is 1. The summed E-state index contributed by atoms with van der Waals surface area (Å²) in [5, 5.41) is 1.82. The third kappa shape index (κ3) is 4.33. The lowest BCUT2D eigenvalue weighted by molar-refractivity contribution is -0.123. The van der Waals surface area contributed by atoms with Crippen LogP contribution in [0.3, 0.4) is 0 Å². The zero-order valence-corrected chi connectivity index (χ0v) is 13.8. The summed E-state index contributed by atoms with van der Waals surface area (Å²) in [6.45, 7) is -1.39. The first kappa shape index (κ1) is 17.8. The number of hydrogen-bond acceptors (Lipinski definition) is 4. The molecule has 0 spiro atoms. The number of ether oxygens (including phenoxy) is 1. The second kappa shape index (κ2) is 7.07. The van der Waals surface area contributed by atoms with Crippen molar-refractivity contribution in [2.24, 2.45) is 0 Å². The molecule has 1 amide bonds. The van der Waals surface area contributed by atoms with Gasteiger partial charge in [0.25, 0.3) is 5.91 Å². The molecule has 3 rings (SSSR count). The molecular formula is C18H15F3N2O3. The molecule has 0 aliphatic rings. The highest BCUT2D eigenvalue weighted by Gasteiger charge is 2.28. The number of hydrogen-bond donors (Lipinski definition) is 1. The molecular weight excluding hydrogens is 349 g/mol. The van der Waals surface area contributed by atoms with Crippen LogP contribution in [-0.4, -0.2) is 30.7 Å². The van der Waals surface area contributed by atoms with Gasteiger partial charge in [-0.25, -0.2) is 4.98 Å². The van der Waals surface area contributed by atoms with Crippen molar-refractivity contribution in [3.63, 3.8) is 0 Å². The molecule has 0 atom stereocenters. The number of benzene rings is 2. The Morgan fingerprint density at radius 3 is 2.58 bits per heavy atom. The SMILES string of the molecule is COc1ccc(Cc2nc3ccc(C(=O)NCC(F)(F)F)cc3o2)cc1. The van der Waals surface area contributed by atoms with Crippen molar-refractivity contribution in [1.82, 2.24) is 10.3 Å². The number of aromatic nitrogens is 1. The molecule has 0 saturated carbocycles. The summed E-state index contributed by atoms with van der Waals surface area (Å²) in [4.78, 5) is 16.1. The highest BCUT2D eigenvalue weighted by molar-refractivity contribution is 5.97. The van der Waals surface area contributed by atoms with E-state index >= 15 is 0 Å². The van der Waals surface area contributed by atoms with Crippen LogP contribution in [0.2, 0.25) is 0 Å². The molecule has 5 nitrogen and oxygen atoms in total. The van der Waals surface area contributed by atoms with Crippen molar-refractivity contribution >= 4 is 17.0 Å². The zero-order chi connectivity index (χ0) is 18.7. The minimum atomic E-state index is -4.46. The average Bonchev–Trinajstić information content (AvgIpc) is 3.01. The second-order valence-electron chi connectivity index (χ2n) is 5.61. The molecule has 26 heavy (non-hydrogen) atoms. The summed E-state index contributed by atoms with van der Waals surface area (Å²) in [7, 11) is 1.58. The lowest BCUT2D eigenvalue weighted by atomic mass is 10.1. The van der Waals surface area contributed by atoms with Crippen LogP contribution in [-0.2, 0) is 6.42 Å². The molecule has 0 unspecified atom stereocenters. The Morgan fingerprint density at radius 1 is 1.19 bits per heavy atom. The van der Waals surface area contributed by atoms with Crippen molar-refractivity contribution in [1.29, 1.82) is 0 Å². The number of rotatable bonds is 5. The van der Waals surface area contributed by atoms with Crippen LogP contribution in [0.25, 0.3) is 11.1 Å². The lowest BCUT2D eigenvalue weighted by Gasteiger charge is -2.07. The number of methoxy groups -OCH3 is 1. The third-order valence-corrected chi connectivity index (χ3v) is 3.66. The molecule has 0 aliphatic carbocycles. The van der Waals surface area contributed by atoms with Gasteiger partial charge in [-0.1, -0.05) is 12.1 Å². The van der Waals surface area contributed by atoms with Gasteiger partial charge in [0.05, 0.1) is 7.11 Å². The van der Waals surface area contributed by atoms with Gasteiger partial charge in [0, 0.05) is 12.0 Å². The largest absolute Gasteiger partial charge is 0.497 e. The van der Waals surface area contributed by atoms with Crippen molar-refractivity contribution in [2.45, 2.75) is 12.6 Å². The van der Waals surface area contributed by atoms with Gasteiger partial charge >= 0.3 is 6.18 Å². The van der Waals surface area contributed by atoms with Crippen LogP contribution < -0.4 is 10.1 Å². The third-order valence-electron chi connectivity index (χ3n) is 3.66. The maximum Gasteiger partial charge on any atom is 0.405 e. The summed E-state index contributed by atoms with van der Waals surface area (Å²) in [6, 6.07) is 11.7. The number of amides is 1. The van der Waals surface area contributed by atoms with E-state index in [4.69, 9.17) is 9.15 Å². The van der Waals surface area contributed by atoms with E-state index in [-0.39, 0.29) is 5.56 Å². The topological polar surface area (TPSA) is 64.4 Å². The fraction of sp³-hybridized carbons (Fsp3) is 0.222. The number of carbonyl (C=O) groups excluding carboxylic acids is 1. The molecule has 0 saturated heterocycles. The molecule has 1 heterocycles. The van der Waals surface area contributed by atoms with Crippen LogP contribution in [0.1, 0.15) is 21.8 Å². The average molecular weight is 364 g/mol. The Balaban J connectivity index is 1.75. The summed E-state index contributed by atoms with van der Waals surface area (Å²) in [6.07, 6.45) is -4.02. The summed E-state index contributed by atoms with van der Waals surface area (Å²) >= 11 is 0. The second-order valence-corrected chi connectivity index (χ2v) is 5.61. The van der Waals surface area contributed by atoms with Crippen LogP contribution in [0.5, 0.6) is 5.75 Å². The van der Waals surface area contributed by atoms with Crippen molar-refractivity contribution < 1.29 is 27.1 Å². The van der Waals surface area contributed by atoms with Gasteiger partial charge in [0.2, 0.25) is 0 Å². The first-order valence-corrected chi connectivity index (χ1v) is 7.71. The quantitative estimate of drug-likeness (QED) is 0.749. The monoisotopic (exact) mass is 364 g/mol. The fourth-order valence-electron chi connectivity index (χ4n) is 2.39. The summed E-state index contributed by atoms with van der Waals surface area (Å²) in [5.41, 5.74) is 1.91. The normalized spacial score (nSPS) is 11.5. The molecule has 0 bridgehead atoms. The molecule has 3 aromatic rings. The molecule has 0 fully saturated rings. The smallest absolute Gasteiger partial charge is 0.405 e. The van der Waals surface area contributed by atoms with Gasteiger partial charge in [-0.15, -0.1) is 0 Å². The summed E-state index contributed by atoms with van der Waals surface area (Å²) in [5.74, 6) is 0.358. The minimum Gasteiger partial charge on any atom is -0.497 e. The molecule has 0 radical (unpaired) electrons. The predicted octanol–water partition coefficient (Wildman–Crippen LogP) is 3.72. The van der Waals surface area contributed by atoms with Gasteiger partial charge in [-0.3, -0.25) is 4.79 Å². The molecule has 136 valence electrons. The van der Waals surface area contributed by atoms with E-state index in [1.807, 2.05) is 29.6 Å². The van der Waals surface area contributed by atoms with E-state index in [0.29, 0.717) is 23.4 Å². The standard InChI is InChI=1S/C18H15F3N2O3/c1-25-13-5-2-11(3-6-13)8-16-23-14-7-4-12(9-15(14)26-16)17(24)22-10-18(19,20)21/h2-7,9H,8,10H2,1H3,(H,22,24). The van der Waals surface area contributed by atoms with Crippen LogP contribution in [0.15, 0.2) is 46.9 Å². The van der Waals surface area contributed by atoms with E-state index < -0.39 is 18.6 Å². The number of fused-ring (bicyclic) bond motifs is 1. The molecule has 2 aromatic carbocycles. The van der Waals surface area contributed by atoms with Crippen LogP contribution >= 0.6 is 0 Å². The van der Waals surface area contributed by atoms with E-state index in [9.17, 15) is 18.0 Å². The number of carbonyl (C=O) groups is 1. The predicted molar refractivity (Wildman–Crippen MR) is 88.2 cm³/mol. The van der Waals surface area contributed by atoms with Gasteiger partial charge in [-0.2, -0.15) is 13.2 Å². The maximum atomic E-state index is 12.2. The first-order chi connectivity index (χ1) is 12.3. The van der Waals surface area contributed by atoms with Crippen molar-refractivity contribution in [3.8, 4) is 5.75 Å². The minimum absolute atomic E-state index is 0.0777. The molecule has 8 heteroatoms. The van der Waals surface area contributed by atoms with Crippen LogP contribution in [0.4, 0.5) is 13.2 Å². The highest BCUT2D eigenvalue weighted by atomic mass is 19.4. The van der Waals surface area contributed by atoms with Gasteiger partial charge in [0.1, 0.15) is 17.8 Å². The molecule has 1 N–H and O–H groups in total. The summed E-state index contributed by atoms with van der Waals surface area (Å²) < 4.78 is 47.3. The number of oxazole rings is 1. The Bertz CT molecular complexity index is 918. The van der Waals surface area contributed by atoms with E-state index in [1.165, 1.54) is 12.1 Å². The number of halogens is 3. The van der Waals surface area contributed by atoms with Gasteiger partial charge in [0.15, 0.2) is 11.5 Å². The highest BCUT2D eigenvalue weighted by Crippen LogP contribution is 2.21. The Morgan fingerprint density at radius 2 is 1.92 bits per heavy atom. The Labute approximate surface area is 146 Å². The number of nitrogens with zero attached hydrogens (tertiary/aromatic N) is 1. The fourth-order valence-corrected chi connectivity index (χ4v) is 2.39. The Kier molecular flexibility index (Phi) is 4.83. The molecule has 1 aromatic heterocycles. The molecule has 0 aliphatic heterocycles. The van der Waals surface area contributed by atoms with Crippen LogP contribution in [0, 0.1) is 0 Å². The van der Waals surface area contributed by atoms with Crippen molar-refractivity contribution in [2.75, 3.05) is 13.7 Å². The van der Waals surface area contributed by atoms with Gasteiger partial charge in [-0.05, 0) is 35.9 Å². The maximum absolute atomic E-state index is 12.2. The lowest BCUT2D eigenvalue weighted by Crippen LogP contribution is -2.33. The Hall–Kier alpha value is -3.03. The van der Waals surface area contributed by atoms with Crippen molar-refractivity contribution in [3.05, 3.63) is 59.5 Å². The number of alkyl halides is 3. The van der Waals surface area contributed by atoms with E-state index in [1.54, 1.807) is 13.2 Å². The first-order valence-electron chi connectivity index (χ1n) is 7.71.